The second-order valence-corrected chi connectivity index (χ2v) is 8.79. The van der Waals surface area contributed by atoms with Crippen LogP contribution in [-0.4, -0.2) is 24.2 Å². The first-order valence-corrected chi connectivity index (χ1v) is 11.2. The van der Waals surface area contributed by atoms with Crippen LogP contribution < -0.4 is 10.6 Å². The third-order valence-corrected chi connectivity index (χ3v) is 6.35. The van der Waals surface area contributed by atoms with E-state index in [9.17, 15) is 4.79 Å². The molecule has 1 aliphatic carbocycles. The molecule has 0 bridgehead atoms. The van der Waals surface area contributed by atoms with E-state index < -0.39 is 0 Å². The van der Waals surface area contributed by atoms with E-state index in [-0.39, 0.29) is 5.97 Å². The second kappa shape index (κ2) is 10.6. The highest BCUT2D eigenvalue weighted by atomic mass is 32.1. The Morgan fingerprint density at radius 1 is 1.14 bits per heavy atom. The molecular weight excluding hydrogens is 388 g/mol. The molecule has 0 amide bonds. The van der Waals surface area contributed by atoms with Gasteiger partial charge in [-0.05, 0) is 36.7 Å². The molecule has 4 nitrogen and oxygen atoms in total. The van der Waals surface area contributed by atoms with Crippen molar-refractivity contribution in [3.05, 3.63) is 52.4 Å². The molecule has 0 radical (unpaired) electrons. The highest BCUT2D eigenvalue weighted by Crippen LogP contribution is 2.30. The number of rotatable bonds is 5. The van der Waals surface area contributed by atoms with Crippen molar-refractivity contribution in [2.24, 2.45) is 0 Å². The predicted molar refractivity (Wildman–Crippen MR) is 120 cm³/mol. The molecule has 150 valence electrons. The third-order valence-electron chi connectivity index (χ3n) is 5.08. The lowest BCUT2D eigenvalue weighted by Crippen LogP contribution is -2.38. The zero-order valence-electron chi connectivity index (χ0n) is 16.3. The maximum atomic E-state index is 12.2. The van der Waals surface area contributed by atoms with Crippen LogP contribution >= 0.6 is 23.6 Å². The van der Waals surface area contributed by atoms with E-state index in [1.165, 1.54) is 44.8 Å². The number of hydrogen-bond acceptors (Lipinski definition) is 4. The summed E-state index contributed by atoms with van der Waals surface area (Å²) in [4.78, 5) is 13.3. The topological polar surface area (TPSA) is 50.4 Å². The molecule has 1 aromatic carbocycles. The number of carbonyl (C=O) groups is 1. The Kier molecular flexibility index (Phi) is 7.86. The van der Waals surface area contributed by atoms with Crippen molar-refractivity contribution < 1.29 is 9.53 Å². The molecular formula is C22H28N2O2S2. The molecule has 0 aliphatic heterocycles. The number of carbonyl (C=O) groups excluding carboxylic acids is 1. The molecule has 2 N–H and O–H groups in total. The van der Waals surface area contributed by atoms with Crippen molar-refractivity contribution in [3.8, 4) is 0 Å². The van der Waals surface area contributed by atoms with Gasteiger partial charge >= 0.3 is 5.97 Å². The number of nitrogens with one attached hydrogen (secondary N) is 2. The number of methoxy groups -OCH3 is 1. The van der Waals surface area contributed by atoms with E-state index in [0.29, 0.717) is 16.7 Å². The largest absolute Gasteiger partial charge is 0.465 e. The molecule has 6 heteroatoms. The van der Waals surface area contributed by atoms with E-state index in [0.717, 1.165) is 29.1 Å². The molecule has 0 spiro atoms. The molecule has 1 aromatic heterocycles. The van der Waals surface area contributed by atoms with E-state index in [1.54, 1.807) is 11.3 Å². The predicted octanol–water partition coefficient (Wildman–Crippen LogP) is 5.52. The molecule has 1 fully saturated rings. The van der Waals surface area contributed by atoms with Gasteiger partial charge in [-0.15, -0.1) is 11.3 Å². The summed E-state index contributed by atoms with van der Waals surface area (Å²) in [7, 11) is 1.41. The Labute approximate surface area is 176 Å². The van der Waals surface area contributed by atoms with Crippen LogP contribution in [0.15, 0.2) is 36.4 Å². The molecule has 2 aromatic rings. The summed E-state index contributed by atoms with van der Waals surface area (Å²) in [6.45, 7) is 0. The van der Waals surface area contributed by atoms with Gasteiger partial charge in [0.15, 0.2) is 5.11 Å². The number of esters is 1. The number of thiophene rings is 1. The van der Waals surface area contributed by atoms with Crippen LogP contribution in [0.5, 0.6) is 0 Å². The molecule has 1 saturated carbocycles. The lowest BCUT2D eigenvalue weighted by Gasteiger charge is -2.22. The van der Waals surface area contributed by atoms with Crippen LogP contribution in [0.3, 0.4) is 0 Å². The van der Waals surface area contributed by atoms with Crippen molar-refractivity contribution in [3.63, 3.8) is 0 Å². The fourth-order valence-corrected chi connectivity index (χ4v) is 5.02. The van der Waals surface area contributed by atoms with Crippen molar-refractivity contribution in [1.29, 1.82) is 0 Å². The SMILES string of the molecule is COC(=O)c1cc(Cc2ccccc2)sc1NC(=S)NC1CCCCCCC1. The highest BCUT2D eigenvalue weighted by Gasteiger charge is 2.19. The van der Waals surface area contributed by atoms with Crippen molar-refractivity contribution in [2.45, 2.75) is 57.4 Å². The summed E-state index contributed by atoms with van der Waals surface area (Å²) in [5.74, 6) is -0.341. The van der Waals surface area contributed by atoms with Crippen LogP contribution in [0, 0.1) is 0 Å². The fourth-order valence-electron chi connectivity index (χ4n) is 3.61. The monoisotopic (exact) mass is 416 g/mol. The molecule has 3 rings (SSSR count). The standard InChI is InChI=1S/C22H28N2O2S2/c1-26-21(25)19-15-18(14-16-10-6-5-7-11-16)28-20(19)24-22(27)23-17-12-8-3-2-4-9-13-17/h5-7,10-11,15,17H,2-4,8-9,12-14H2,1H3,(H2,23,24,27). The Bertz CT molecular complexity index is 781. The maximum Gasteiger partial charge on any atom is 0.340 e. The van der Waals surface area contributed by atoms with Gasteiger partial charge in [-0.2, -0.15) is 0 Å². The molecule has 28 heavy (non-hydrogen) atoms. The number of benzene rings is 1. The van der Waals surface area contributed by atoms with Crippen LogP contribution in [-0.2, 0) is 11.2 Å². The Morgan fingerprint density at radius 3 is 2.50 bits per heavy atom. The van der Waals surface area contributed by atoms with Crippen LogP contribution in [0.25, 0.3) is 0 Å². The average molecular weight is 417 g/mol. The zero-order chi connectivity index (χ0) is 19.8. The van der Waals surface area contributed by atoms with Gasteiger partial charge in [-0.3, -0.25) is 0 Å². The summed E-state index contributed by atoms with van der Waals surface area (Å²) < 4.78 is 4.97. The van der Waals surface area contributed by atoms with Gasteiger partial charge in [0.1, 0.15) is 5.00 Å². The second-order valence-electron chi connectivity index (χ2n) is 7.25. The minimum Gasteiger partial charge on any atom is -0.465 e. The van der Waals surface area contributed by atoms with Crippen LogP contribution in [0.4, 0.5) is 5.00 Å². The summed E-state index contributed by atoms with van der Waals surface area (Å²) >= 11 is 7.11. The Morgan fingerprint density at radius 2 is 1.82 bits per heavy atom. The van der Waals surface area contributed by atoms with Gasteiger partial charge in [0.2, 0.25) is 0 Å². The summed E-state index contributed by atoms with van der Waals surface area (Å²) in [6, 6.07) is 12.5. The van der Waals surface area contributed by atoms with E-state index in [1.807, 2.05) is 24.3 Å². The smallest absolute Gasteiger partial charge is 0.340 e. The lowest BCUT2D eigenvalue weighted by molar-refractivity contribution is 0.0602. The van der Waals surface area contributed by atoms with E-state index in [2.05, 4.69) is 22.8 Å². The first kappa shape index (κ1) is 20.8. The zero-order valence-corrected chi connectivity index (χ0v) is 18.0. The molecule has 0 saturated heterocycles. The van der Waals surface area contributed by atoms with Crippen molar-refractivity contribution in [2.75, 3.05) is 12.4 Å². The number of hydrogen-bond donors (Lipinski definition) is 2. The lowest BCUT2D eigenvalue weighted by atomic mass is 9.97. The van der Waals surface area contributed by atoms with Crippen molar-refractivity contribution >= 4 is 39.6 Å². The van der Waals surface area contributed by atoms with Gasteiger partial charge in [0.05, 0.1) is 12.7 Å². The highest BCUT2D eigenvalue weighted by molar-refractivity contribution is 7.80. The molecule has 1 heterocycles. The maximum absolute atomic E-state index is 12.2. The fraction of sp³-hybridized carbons (Fsp3) is 0.455. The first-order valence-electron chi connectivity index (χ1n) is 9.98. The summed E-state index contributed by atoms with van der Waals surface area (Å²) in [6.07, 6.45) is 9.52. The number of thiocarbonyl (C=S) groups is 1. The Balaban J connectivity index is 1.68. The first-order chi connectivity index (χ1) is 13.7. The van der Waals surface area contributed by atoms with Gasteiger partial charge in [-0.25, -0.2) is 4.79 Å². The third kappa shape index (κ3) is 6.04. The van der Waals surface area contributed by atoms with E-state index in [4.69, 9.17) is 17.0 Å². The van der Waals surface area contributed by atoms with Crippen molar-refractivity contribution in [1.82, 2.24) is 5.32 Å². The Hall–Kier alpha value is -1.92. The van der Waals surface area contributed by atoms with Gasteiger partial charge in [0, 0.05) is 17.3 Å². The minimum atomic E-state index is -0.341. The van der Waals surface area contributed by atoms with E-state index >= 15 is 0 Å². The summed E-state index contributed by atoms with van der Waals surface area (Å²) in [5.41, 5.74) is 1.75. The van der Waals surface area contributed by atoms with Crippen LogP contribution in [0.2, 0.25) is 0 Å². The van der Waals surface area contributed by atoms with Crippen LogP contribution in [0.1, 0.15) is 65.7 Å². The van der Waals surface area contributed by atoms with Gasteiger partial charge in [-0.1, -0.05) is 62.4 Å². The van der Waals surface area contributed by atoms with Gasteiger partial charge < -0.3 is 15.4 Å². The summed E-state index contributed by atoms with van der Waals surface area (Å²) in [5, 5.41) is 8.04. The van der Waals surface area contributed by atoms with Gasteiger partial charge in [0.25, 0.3) is 0 Å². The normalized spacial score (nSPS) is 15.3. The molecule has 1 aliphatic rings. The molecule has 0 unspecified atom stereocenters. The number of ether oxygens (including phenoxy) is 1. The quantitative estimate of drug-likeness (QED) is 0.496. The average Bonchev–Trinajstić information content (AvgIpc) is 3.06. The number of anilines is 1. The molecule has 0 atom stereocenters. The minimum absolute atomic E-state index is 0.341.